The predicted molar refractivity (Wildman–Crippen MR) is 118 cm³/mol. The van der Waals surface area contributed by atoms with Crippen LogP contribution >= 0.6 is 23.4 Å². The van der Waals surface area contributed by atoms with Gasteiger partial charge in [-0.15, -0.1) is 0 Å². The highest BCUT2D eigenvalue weighted by Gasteiger charge is 2.38. The minimum atomic E-state index is -0.519. The van der Waals surface area contributed by atoms with Gasteiger partial charge in [-0.25, -0.2) is 4.99 Å². The van der Waals surface area contributed by atoms with Gasteiger partial charge in [-0.1, -0.05) is 48.5 Å². The smallest absolute Gasteiger partial charge is 0.242 e. The van der Waals surface area contributed by atoms with Crippen molar-refractivity contribution in [2.75, 3.05) is 19.0 Å². The number of anilines is 1. The summed E-state index contributed by atoms with van der Waals surface area (Å²) >= 11 is 7.34. The Kier molecular flexibility index (Phi) is 7.17. The van der Waals surface area contributed by atoms with E-state index in [1.54, 1.807) is 23.1 Å². The van der Waals surface area contributed by atoms with Gasteiger partial charge in [0.05, 0.1) is 18.5 Å². The normalized spacial score (nSPS) is 17.6. The first kappa shape index (κ1) is 21.2. The summed E-state index contributed by atoms with van der Waals surface area (Å²) in [6.07, 6.45) is 0.839. The highest BCUT2D eigenvalue weighted by Crippen LogP contribution is 2.33. The van der Waals surface area contributed by atoms with Crippen molar-refractivity contribution in [2.24, 2.45) is 4.99 Å². The van der Waals surface area contributed by atoms with Crippen LogP contribution in [0.15, 0.2) is 53.5 Å². The first-order valence-electron chi connectivity index (χ1n) is 9.27. The summed E-state index contributed by atoms with van der Waals surface area (Å²) in [6.45, 7) is 2.57. The van der Waals surface area contributed by atoms with E-state index in [4.69, 9.17) is 16.3 Å². The topological polar surface area (TPSA) is 71.0 Å². The quantitative estimate of drug-likeness (QED) is 0.688. The van der Waals surface area contributed by atoms with Crippen LogP contribution in [0.2, 0.25) is 5.02 Å². The van der Waals surface area contributed by atoms with Crippen LogP contribution in [0.1, 0.15) is 19.8 Å². The maximum absolute atomic E-state index is 12.9. The molecule has 1 aliphatic rings. The lowest BCUT2D eigenvalue weighted by Gasteiger charge is -2.15. The molecule has 0 spiro atoms. The maximum Gasteiger partial charge on any atom is 0.242 e. The molecule has 1 saturated heterocycles. The number of halogens is 1. The van der Waals surface area contributed by atoms with Gasteiger partial charge < -0.3 is 10.1 Å². The fourth-order valence-corrected chi connectivity index (χ4v) is 4.27. The van der Waals surface area contributed by atoms with Crippen LogP contribution in [0.25, 0.3) is 0 Å². The summed E-state index contributed by atoms with van der Waals surface area (Å²) in [6, 6.07) is 14.5. The standard InChI is InChI=1S/C21H22ClN3O3S/c1-3-11-25-20(27)18(29-21(25)23-15-7-5-4-6-8-15)13-19(26)24-16-12-14(22)9-10-17(16)28-2/h4-10,12,18H,3,11,13H2,1-2H3,(H,24,26). The molecule has 0 aromatic heterocycles. The number of hydrogen-bond donors (Lipinski definition) is 1. The number of amides is 2. The number of hydrogen-bond acceptors (Lipinski definition) is 5. The third-order valence-electron chi connectivity index (χ3n) is 4.25. The van der Waals surface area contributed by atoms with E-state index in [1.807, 2.05) is 37.3 Å². The molecule has 3 rings (SSSR count). The Labute approximate surface area is 179 Å². The lowest BCUT2D eigenvalue weighted by molar-refractivity contribution is -0.128. The van der Waals surface area contributed by atoms with E-state index in [0.717, 1.165) is 12.1 Å². The molecule has 1 atom stereocenters. The van der Waals surface area contributed by atoms with Gasteiger partial charge in [-0.2, -0.15) is 0 Å². The number of rotatable bonds is 7. The molecular weight excluding hydrogens is 410 g/mol. The molecule has 29 heavy (non-hydrogen) atoms. The molecule has 8 heteroatoms. The van der Waals surface area contributed by atoms with E-state index in [0.29, 0.717) is 28.2 Å². The molecule has 0 bridgehead atoms. The SMILES string of the molecule is CCCN1C(=O)C(CC(=O)Nc2cc(Cl)ccc2OC)SC1=Nc1ccccc1. The van der Waals surface area contributed by atoms with Crippen molar-refractivity contribution < 1.29 is 14.3 Å². The van der Waals surface area contributed by atoms with Gasteiger partial charge in [0, 0.05) is 18.0 Å². The third-order valence-corrected chi connectivity index (χ3v) is 5.67. The molecule has 6 nitrogen and oxygen atoms in total. The molecule has 1 N–H and O–H groups in total. The Morgan fingerprint density at radius 2 is 2.03 bits per heavy atom. The molecule has 1 aliphatic heterocycles. The maximum atomic E-state index is 12.9. The van der Waals surface area contributed by atoms with E-state index < -0.39 is 5.25 Å². The Morgan fingerprint density at radius 1 is 1.28 bits per heavy atom. The van der Waals surface area contributed by atoms with Gasteiger partial charge in [-0.3, -0.25) is 14.5 Å². The summed E-state index contributed by atoms with van der Waals surface area (Å²) in [4.78, 5) is 31.7. The van der Waals surface area contributed by atoms with Gasteiger partial charge in [-0.05, 0) is 36.8 Å². The average Bonchev–Trinajstić information content (AvgIpc) is 2.98. The van der Waals surface area contributed by atoms with Gasteiger partial charge in [0.1, 0.15) is 11.0 Å². The van der Waals surface area contributed by atoms with Crippen molar-refractivity contribution in [3.63, 3.8) is 0 Å². The van der Waals surface area contributed by atoms with Crippen LogP contribution < -0.4 is 10.1 Å². The highest BCUT2D eigenvalue weighted by atomic mass is 35.5. The van der Waals surface area contributed by atoms with Gasteiger partial charge >= 0.3 is 0 Å². The number of carbonyl (C=O) groups excluding carboxylic acids is 2. The molecule has 0 radical (unpaired) electrons. The number of ether oxygens (including phenoxy) is 1. The number of nitrogens with zero attached hydrogens (tertiary/aromatic N) is 2. The summed E-state index contributed by atoms with van der Waals surface area (Å²) in [7, 11) is 1.52. The number of para-hydroxylation sites is 1. The van der Waals surface area contributed by atoms with Crippen molar-refractivity contribution in [3.05, 3.63) is 53.6 Å². The van der Waals surface area contributed by atoms with Crippen molar-refractivity contribution >= 4 is 51.7 Å². The molecule has 152 valence electrons. The lowest BCUT2D eigenvalue weighted by Crippen LogP contribution is -2.34. The minimum Gasteiger partial charge on any atom is -0.495 e. The van der Waals surface area contributed by atoms with E-state index in [2.05, 4.69) is 10.3 Å². The number of aliphatic imine (C=N–C) groups is 1. The fourth-order valence-electron chi connectivity index (χ4n) is 2.91. The Bertz CT molecular complexity index is 921. The van der Waals surface area contributed by atoms with Crippen LogP contribution in [-0.2, 0) is 9.59 Å². The summed E-state index contributed by atoms with van der Waals surface area (Å²) in [5, 5.41) is 3.38. The van der Waals surface area contributed by atoms with Crippen LogP contribution in [0.4, 0.5) is 11.4 Å². The van der Waals surface area contributed by atoms with Crippen molar-refractivity contribution in [3.8, 4) is 5.75 Å². The van der Waals surface area contributed by atoms with E-state index in [9.17, 15) is 9.59 Å². The highest BCUT2D eigenvalue weighted by molar-refractivity contribution is 8.15. The third kappa shape index (κ3) is 5.31. The average molecular weight is 432 g/mol. The minimum absolute atomic E-state index is 0.0349. The predicted octanol–water partition coefficient (Wildman–Crippen LogP) is 4.72. The first-order valence-corrected chi connectivity index (χ1v) is 10.5. The van der Waals surface area contributed by atoms with Crippen molar-refractivity contribution in [2.45, 2.75) is 25.0 Å². The monoisotopic (exact) mass is 431 g/mol. The number of benzene rings is 2. The second-order valence-electron chi connectivity index (χ2n) is 6.42. The van der Waals surface area contributed by atoms with Crippen molar-refractivity contribution in [1.29, 1.82) is 0 Å². The fraction of sp³-hybridized carbons (Fsp3) is 0.286. The van der Waals surface area contributed by atoms with E-state index >= 15 is 0 Å². The number of nitrogens with one attached hydrogen (secondary N) is 1. The van der Waals surface area contributed by atoms with Crippen LogP contribution in [-0.4, -0.2) is 40.8 Å². The molecule has 0 saturated carbocycles. The first-order chi connectivity index (χ1) is 14.0. The number of carbonyl (C=O) groups is 2. The second kappa shape index (κ2) is 9.80. The molecule has 1 heterocycles. The van der Waals surface area contributed by atoms with Crippen molar-refractivity contribution in [1.82, 2.24) is 4.90 Å². The second-order valence-corrected chi connectivity index (χ2v) is 8.03. The molecule has 1 fully saturated rings. The molecule has 2 aromatic carbocycles. The summed E-state index contributed by atoms with van der Waals surface area (Å²) in [5.41, 5.74) is 1.25. The van der Waals surface area contributed by atoms with Gasteiger partial charge in [0.15, 0.2) is 5.17 Å². The largest absolute Gasteiger partial charge is 0.495 e. The Hall–Kier alpha value is -2.51. The van der Waals surface area contributed by atoms with Crippen LogP contribution in [0.5, 0.6) is 5.75 Å². The molecule has 2 amide bonds. The van der Waals surface area contributed by atoms with Crippen LogP contribution in [0, 0.1) is 0 Å². The zero-order valence-corrected chi connectivity index (χ0v) is 17.8. The molecule has 1 unspecified atom stereocenters. The zero-order valence-electron chi connectivity index (χ0n) is 16.2. The Balaban J connectivity index is 1.74. The number of methoxy groups -OCH3 is 1. The van der Waals surface area contributed by atoms with Crippen LogP contribution in [0.3, 0.4) is 0 Å². The van der Waals surface area contributed by atoms with E-state index in [-0.39, 0.29) is 18.2 Å². The number of thioether (sulfide) groups is 1. The van der Waals surface area contributed by atoms with E-state index in [1.165, 1.54) is 18.9 Å². The Morgan fingerprint density at radius 3 is 2.72 bits per heavy atom. The van der Waals surface area contributed by atoms with Gasteiger partial charge in [0.2, 0.25) is 11.8 Å². The number of amidine groups is 1. The molecule has 0 aliphatic carbocycles. The molecular formula is C21H22ClN3O3S. The summed E-state index contributed by atoms with van der Waals surface area (Å²) < 4.78 is 5.25. The van der Waals surface area contributed by atoms with Gasteiger partial charge in [0.25, 0.3) is 0 Å². The zero-order chi connectivity index (χ0) is 20.8. The summed E-state index contributed by atoms with van der Waals surface area (Å²) in [5.74, 6) is 0.126. The lowest BCUT2D eigenvalue weighted by atomic mass is 10.2. The molecule has 2 aromatic rings.